The van der Waals surface area contributed by atoms with Gasteiger partial charge in [-0.15, -0.1) is 0 Å². The minimum Gasteiger partial charge on any atom is -0.493 e. The van der Waals surface area contributed by atoms with Crippen LogP contribution in [0.25, 0.3) is 0 Å². The Balaban J connectivity index is 1.36. The van der Waals surface area contributed by atoms with Crippen LogP contribution in [0.5, 0.6) is 11.5 Å². The van der Waals surface area contributed by atoms with E-state index in [1.54, 1.807) is 14.2 Å². The maximum atomic E-state index is 13.0. The molecule has 0 aliphatic carbocycles. The zero-order valence-corrected chi connectivity index (χ0v) is 27.9. The zero-order valence-electron chi connectivity index (χ0n) is 27.9. The molecule has 240 valence electrons. The third kappa shape index (κ3) is 11.4. The maximum absolute atomic E-state index is 13.0. The largest absolute Gasteiger partial charge is 0.493 e. The van der Waals surface area contributed by atoms with Crippen LogP contribution in [0.2, 0.25) is 0 Å². The molecule has 1 aromatic carbocycles. The van der Waals surface area contributed by atoms with E-state index in [9.17, 15) is 4.79 Å². The Morgan fingerprint density at radius 1 is 0.833 bits per heavy atom. The molecule has 0 spiro atoms. The average Bonchev–Trinajstić information content (AvgIpc) is 2.98. The molecule has 5 heteroatoms. The number of fused-ring (bicyclic) bond motifs is 3. The highest BCUT2D eigenvalue weighted by molar-refractivity contribution is 5.69. The van der Waals surface area contributed by atoms with Crippen LogP contribution >= 0.6 is 0 Å². The number of benzene rings is 1. The Labute approximate surface area is 258 Å². The summed E-state index contributed by atoms with van der Waals surface area (Å²) >= 11 is 0. The summed E-state index contributed by atoms with van der Waals surface area (Å²) in [5, 5.41) is 0. The second kappa shape index (κ2) is 19.5. The molecule has 5 nitrogen and oxygen atoms in total. The number of carbonyl (C=O) groups is 1. The molecule has 1 fully saturated rings. The molecular formula is C37H63NO4. The van der Waals surface area contributed by atoms with E-state index in [0.29, 0.717) is 18.3 Å². The van der Waals surface area contributed by atoms with Crippen molar-refractivity contribution in [2.75, 3.05) is 27.3 Å². The minimum absolute atomic E-state index is 0.000226. The van der Waals surface area contributed by atoms with Crippen molar-refractivity contribution in [1.82, 2.24) is 4.90 Å². The van der Waals surface area contributed by atoms with Gasteiger partial charge in [0.2, 0.25) is 0 Å². The Hall–Kier alpha value is -1.75. The van der Waals surface area contributed by atoms with Gasteiger partial charge in [0.15, 0.2) is 11.5 Å². The van der Waals surface area contributed by atoms with Gasteiger partial charge >= 0.3 is 5.97 Å². The molecule has 42 heavy (non-hydrogen) atoms. The molecule has 3 rings (SSSR count). The van der Waals surface area contributed by atoms with Gasteiger partial charge in [-0.25, -0.2) is 0 Å². The van der Waals surface area contributed by atoms with Gasteiger partial charge in [0.1, 0.15) is 6.10 Å². The predicted molar refractivity (Wildman–Crippen MR) is 175 cm³/mol. The minimum atomic E-state index is -0.0171. The van der Waals surface area contributed by atoms with Gasteiger partial charge in [0, 0.05) is 37.9 Å². The Morgan fingerprint density at radius 2 is 1.38 bits per heavy atom. The van der Waals surface area contributed by atoms with Crippen molar-refractivity contribution in [1.29, 1.82) is 0 Å². The summed E-state index contributed by atoms with van der Waals surface area (Å²) in [5.74, 6) is 2.56. The first-order valence-corrected chi connectivity index (χ1v) is 17.6. The lowest BCUT2D eigenvalue weighted by Crippen LogP contribution is -2.49. The number of carbonyl (C=O) groups excluding carboxylic acids is 1. The number of unbranched alkanes of at least 4 members (excludes halogenated alkanes) is 14. The summed E-state index contributed by atoms with van der Waals surface area (Å²) in [6.07, 6.45) is 23.5. The lowest BCUT2D eigenvalue weighted by molar-refractivity contribution is -0.157. The van der Waals surface area contributed by atoms with Crippen molar-refractivity contribution in [2.24, 2.45) is 11.8 Å². The molecule has 1 saturated heterocycles. The van der Waals surface area contributed by atoms with Crippen LogP contribution in [-0.2, 0) is 16.0 Å². The smallest absolute Gasteiger partial charge is 0.306 e. The quantitative estimate of drug-likeness (QED) is 0.106. The number of hydrogen-bond acceptors (Lipinski definition) is 5. The molecule has 2 heterocycles. The van der Waals surface area contributed by atoms with Crippen molar-refractivity contribution >= 4 is 5.97 Å². The normalized spacial score (nSPS) is 20.3. The van der Waals surface area contributed by atoms with Gasteiger partial charge in [-0.3, -0.25) is 9.69 Å². The van der Waals surface area contributed by atoms with Crippen LogP contribution in [0.1, 0.15) is 154 Å². The molecule has 0 radical (unpaired) electrons. The molecule has 0 bridgehead atoms. The lowest BCUT2D eigenvalue weighted by atomic mass is 9.79. The Morgan fingerprint density at radius 3 is 1.93 bits per heavy atom. The average molecular weight is 586 g/mol. The van der Waals surface area contributed by atoms with Gasteiger partial charge in [-0.2, -0.15) is 0 Å². The van der Waals surface area contributed by atoms with Gasteiger partial charge < -0.3 is 14.2 Å². The topological polar surface area (TPSA) is 48.0 Å². The summed E-state index contributed by atoms with van der Waals surface area (Å²) < 4.78 is 17.5. The van der Waals surface area contributed by atoms with Crippen molar-refractivity contribution < 1.29 is 19.0 Å². The third-order valence-corrected chi connectivity index (χ3v) is 9.61. The highest BCUT2D eigenvalue weighted by Crippen LogP contribution is 2.44. The van der Waals surface area contributed by atoms with E-state index >= 15 is 0 Å². The van der Waals surface area contributed by atoms with Gasteiger partial charge in [-0.05, 0) is 48.4 Å². The van der Waals surface area contributed by atoms with Gasteiger partial charge in [-0.1, -0.05) is 111 Å². The van der Waals surface area contributed by atoms with Crippen molar-refractivity contribution in [3.8, 4) is 11.5 Å². The first kappa shape index (κ1) is 34.7. The van der Waals surface area contributed by atoms with Crippen molar-refractivity contribution in [3.63, 3.8) is 0 Å². The zero-order chi connectivity index (χ0) is 30.2. The van der Waals surface area contributed by atoms with E-state index < -0.39 is 0 Å². The number of methoxy groups -OCH3 is 2. The number of esters is 1. The van der Waals surface area contributed by atoms with E-state index in [4.69, 9.17) is 14.2 Å². The lowest BCUT2D eigenvalue weighted by Gasteiger charge is -2.47. The fourth-order valence-electron chi connectivity index (χ4n) is 7.25. The van der Waals surface area contributed by atoms with E-state index in [0.717, 1.165) is 56.7 Å². The first-order chi connectivity index (χ1) is 20.5. The molecule has 0 amide bonds. The van der Waals surface area contributed by atoms with Crippen molar-refractivity contribution in [2.45, 2.75) is 155 Å². The highest BCUT2D eigenvalue weighted by Gasteiger charge is 2.41. The molecule has 0 aromatic heterocycles. The molecule has 3 atom stereocenters. The van der Waals surface area contributed by atoms with Crippen LogP contribution < -0.4 is 9.47 Å². The number of piperidine rings is 1. The fourth-order valence-corrected chi connectivity index (χ4v) is 7.25. The Kier molecular flexibility index (Phi) is 16.1. The fraction of sp³-hybridized carbons (Fsp3) is 0.811. The van der Waals surface area contributed by atoms with Crippen LogP contribution in [0, 0.1) is 11.8 Å². The third-order valence-electron chi connectivity index (χ3n) is 9.61. The summed E-state index contributed by atoms with van der Waals surface area (Å²) in [5.41, 5.74) is 2.64. The van der Waals surface area contributed by atoms with E-state index in [-0.39, 0.29) is 18.1 Å². The first-order valence-electron chi connectivity index (χ1n) is 17.6. The van der Waals surface area contributed by atoms with E-state index in [2.05, 4.69) is 37.8 Å². The SMILES string of the molecule is CCCCCCCCCCCCCCCCCC(=O)O[C@@H]1C[C@@H]2c3cc(OC)c(OC)cc3CCN2C[C@H]1CC(C)C. The van der Waals surface area contributed by atoms with Crippen molar-refractivity contribution in [3.05, 3.63) is 23.3 Å². The van der Waals surface area contributed by atoms with Gasteiger partial charge in [0.05, 0.1) is 14.2 Å². The molecule has 0 saturated carbocycles. The monoisotopic (exact) mass is 585 g/mol. The molecule has 0 unspecified atom stereocenters. The van der Waals surface area contributed by atoms with Crippen LogP contribution in [-0.4, -0.2) is 44.3 Å². The summed E-state index contributed by atoms with van der Waals surface area (Å²) in [7, 11) is 3.40. The number of nitrogens with zero attached hydrogens (tertiary/aromatic N) is 1. The number of hydrogen-bond donors (Lipinski definition) is 0. The summed E-state index contributed by atoms with van der Waals surface area (Å²) in [6.45, 7) is 8.88. The van der Waals surface area contributed by atoms with E-state index in [1.807, 2.05) is 0 Å². The standard InChI is InChI=1S/C37H63NO4/c1-6-7-8-9-10-11-12-13-14-15-16-17-18-19-20-21-37(39)42-34-27-33-32-26-36(41-5)35(40-4)25-30(32)22-23-38(33)28-31(34)24-29(2)3/h25-26,29,31,33-34H,6-24,27-28H2,1-5H3/t31-,33-,34-/m1/s1. The Bertz CT molecular complexity index is 900. The molecule has 2 aliphatic heterocycles. The second-order valence-corrected chi connectivity index (χ2v) is 13.5. The van der Waals surface area contributed by atoms with Crippen LogP contribution in [0.15, 0.2) is 12.1 Å². The number of ether oxygens (including phenoxy) is 3. The van der Waals surface area contributed by atoms with Crippen LogP contribution in [0.4, 0.5) is 0 Å². The van der Waals surface area contributed by atoms with E-state index in [1.165, 1.54) is 94.6 Å². The maximum Gasteiger partial charge on any atom is 0.306 e. The summed E-state index contributed by atoms with van der Waals surface area (Å²) in [4.78, 5) is 15.6. The summed E-state index contributed by atoms with van der Waals surface area (Å²) in [6, 6.07) is 4.56. The predicted octanol–water partition coefficient (Wildman–Crippen LogP) is 9.84. The molecule has 2 aliphatic rings. The highest BCUT2D eigenvalue weighted by atomic mass is 16.5. The molecule has 0 N–H and O–H groups in total. The molecular weight excluding hydrogens is 522 g/mol. The molecule has 1 aromatic rings. The second-order valence-electron chi connectivity index (χ2n) is 13.5. The van der Waals surface area contributed by atoms with Gasteiger partial charge in [0.25, 0.3) is 0 Å². The number of rotatable bonds is 21. The van der Waals surface area contributed by atoms with Crippen LogP contribution in [0.3, 0.4) is 0 Å².